The molecule has 0 atom stereocenters. The van der Waals surface area contributed by atoms with Crippen molar-refractivity contribution in [3.63, 3.8) is 0 Å². The van der Waals surface area contributed by atoms with E-state index in [0.717, 1.165) is 30.8 Å². The standard InChI is InChI=1S/C16H16O/c1-14-7-5-11-16(13-14)17-12-6-10-15-8-3-2-4-9-15/h1-5,7-9,11,13H,6,10,12H2. The molecule has 0 aliphatic carbocycles. The van der Waals surface area contributed by atoms with Crippen LogP contribution < -0.4 is 4.74 Å². The molecule has 0 bridgehead atoms. The van der Waals surface area contributed by atoms with Crippen molar-refractivity contribution < 1.29 is 4.74 Å². The van der Waals surface area contributed by atoms with E-state index in [0.29, 0.717) is 0 Å². The summed E-state index contributed by atoms with van der Waals surface area (Å²) < 4.78 is 5.63. The molecule has 0 N–H and O–H groups in total. The van der Waals surface area contributed by atoms with Crippen molar-refractivity contribution in [3.8, 4) is 5.75 Å². The molecule has 0 unspecified atom stereocenters. The third kappa shape index (κ3) is 3.95. The van der Waals surface area contributed by atoms with Crippen molar-refractivity contribution in [1.29, 1.82) is 0 Å². The molecule has 0 heterocycles. The van der Waals surface area contributed by atoms with Crippen molar-refractivity contribution in [3.05, 3.63) is 72.6 Å². The first-order chi connectivity index (χ1) is 8.34. The van der Waals surface area contributed by atoms with E-state index >= 15 is 0 Å². The van der Waals surface area contributed by atoms with Gasteiger partial charge < -0.3 is 4.74 Å². The molecule has 2 aromatic carbocycles. The largest absolute Gasteiger partial charge is 0.494 e. The quantitative estimate of drug-likeness (QED) is 0.703. The number of rotatable bonds is 5. The fourth-order valence-corrected chi connectivity index (χ4v) is 1.72. The van der Waals surface area contributed by atoms with Gasteiger partial charge in [-0.2, -0.15) is 0 Å². The van der Waals surface area contributed by atoms with E-state index in [1.54, 1.807) is 0 Å². The minimum atomic E-state index is 0.721. The summed E-state index contributed by atoms with van der Waals surface area (Å²) >= 11 is 0. The third-order valence-electron chi connectivity index (χ3n) is 2.58. The molecular formula is C16H16O. The van der Waals surface area contributed by atoms with Crippen LogP contribution in [-0.4, -0.2) is 6.61 Å². The Hall–Kier alpha value is -1.76. The second-order valence-corrected chi connectivity index (χ2v) is 4.01. The van der Waals surface area contributed by atoms with Gasteiger partial charge in [0.15, 0.2) is 0 Å². The summed E-state index contributed by atoms with van der Waals surface area (Å²) in [4.78, 5) is 0. The fourth-order valence-electron chi connectivity index (χ4n) is 1.72. The highest BCUT2D eigenvalue weighted by Gasteiger charge is 1.95. The molecular weight excluding hydrogens is 208 g/mol. The van der Waals surface area contributed by atoms with Crippen molar-refractivity contribution in [2.75, 3.05) is 6.61 Å². The van der Waals surface area contributed by atoms with Gasteiger partial charge in [-0.3, -0.25) is 0 Å². The second kappa shape index (κ2) is 6.09. The van der Waals surface area contributed by atoms with Crippen molar-refractivity contribution >= 4 is 0 Å². The molecule has 1 heteroatoms. The van der Waals surface area contributed by atoms with Crippen LogP contribution in [-0.2, 0) is 6.42 Å². The van der Waals surface area contributed by atoms with Gasteiger partial charge >= 0.3 is 0 Å². The van der Waals surface area contributed by atoms with Gasteiger partial charge in [-0.1, -0.05) is 42.5 Å². The van der Waals surface area contributed by atoms with E-state index in [-0.39, 0.29) is 0 Å². The van der Waals surface area contributed by atoms with Gasteiger partial charge in [-0.25, -0.2) is 0 Å². The highest BCUT2D eigenvalue weighted by atomic mass is 16.5. The summed E-state index contributed by atoms with van der Waals surface area (Å²) in [5.41, 5.74) is 2.09. The molecule has 0 aliphatic heterocycles. The van der Waals surface area contributed by atoms with Gasteiger partial charge in [-0.15, -0.1) is 0 Å². The zero-order valence-electron chi connectivity index (χ0n) is 9.80. The predicted octanol–water partition coefficient (Wildman–Crippen LogP) is 3.76. The first kappa shape index (κ1) is 11.7. The van der Waals surface area contributed by atoms with Crippen LogP contribution in [0, 0.1) is 6.92 Å². The molecule has 2 rings (SSSR count). The van der Waals surface area contributed by atoms with Gasteiger partial charge in [0.2, 0.25) is 0 Å². The van der Waals surface area contributed by atoms with Crippen LogP contribution >= 0.6 is 0 Å². The SMILES string of the molecule is [CH]c1cccc(OCCCc2ccccc2)c1. The molecule has 0 saturated carbocycles. The Balaban J connectivity index is 1.73. The highest BCUT2D eigenvalue weighted by Crippen LogP contribution is 2.13. The summed E-state index contributed by atoms with van der Waals surface area (Å²) in [5, 5.41) is 0. The number of hydrogen-bond acceptors (Lipinski definition) is 1. The fraction of sp³-hybridized carbons (Fsp3) is 0.188. The Morgan fingerprint density at radius 3 is 2.53 bits per heavy atom. The monoisotopic (exact) mass is 224 g/mol. The summed E-state index contributed by atoms with van der Waals surface area (Å²) in [6.07, 6.45) is 2.06. The maximum atomic E-state index is 5.67. The minimum absolute atomic E-state index is 0.721. The van der Waals surface area contributed by atoms with Gasteiger partial charge in [0.25, 0.3) is 0 Å². The smallest absolute Gasteiger partial charge is 0.119 e. The Morgan fingerprint density at radius 1 is 0.941 bits per heavy atom. The maximum Gasteiger partial charge on any atom is 0.119 e. The van der Waals surface area contributed by atoms with Crippen LogP contribution in [0.25, 0.3) is 0 Å². The average molecular weight is 224 g/mol. The average Bonchev–Trinajstić information content (AvgIpc) is 2.36. The summed E-state index contributed by atoms with van der Waals surface area (Å²) in [5.74, 6) is 0.845. The van der Waals surface area contributed by atoms with Gasteiger partial charge in [-0.05, 0) is 43.0 Å². The van der Waals surface area contributed by atoms with E-state index in [9.17, 15) is 0 Å². The molecule has 0 spiro atoms. The van der Waals surface area contributed by atoms with Crippen LogP contribution in [0.15, 0.2) is 54.6 Å². The zero-order valence-corrected chi connectivity index (χ0v) is 9.80. The lowest BCUT2D eigenvalue weighted by molar-refractivity contribution is 0.311. The first-order valence-electron chi connectivity index (χ1n) is 5.87. The lowest BCUT2D eigenvalue weighted by Crippen LogP contribution is -1.99. The van der Waals surface area contributed by atoms with E-state index < -0.39 is 0 Å². The van der Waals surface area contributed by atoms with Crippen LogP contribution in [0.2, 0.25) is 0 Å². The van der Waals surface area contributed by atoms with Gasteiger partial charge in [0, 0.05) is 0 Å². The molecule has 0 fully saturated rings. The summed E-state index contributed by atoms with van der Waals surface area (Å²) in [6.45, 7) is 6.39. The number of benzene rings is 2. The number of aryl methyl sites for hydroxylation is 1. The lowest BCUT2D eigenvalue weighted by atomic mass is 10.1. The van der Waals surface area contributed by atoms with E-state index in [1.165, 1.54) is 5.56 Å². The molecule has 0 aliphatic rings. The highest BCUT2D eigenvalue weighted by molar-refractivity contribution is 5.29. The van der Waals surface area contributed by atoms with Gasteiger partial charge in [0.1, 0.15) is 5.75 Å². The Kier molecular flexibility index (Phi) is 4.20. The third-order valence-corrected chi connectivity index (χ3v) is 2.58. The van der Waals surface area contributed by atoms with Crippen LogP contribution in [0.4, 0.5) is 0 Å². The number of ether oxygens (including phenoxy) is 1. The van der Waals surface area contributed by atoms with Crippen LogP contribution in [0.3, 0.4) is 0 Å². The molecule has 2 aromatic rings. The number of hydrogen-bond donors (Lipinski definition) is 0. The molecule has 1 nitrogen and oxygen atoms in total. The summed E-state index contributed by atoms with van der Waals surface area (Å²) in [7, 11) is 0. The lowest BCUT2D eigenvalue weighted by Gasteiger charge is -2.06. The molecule has 0 saturated heterocycles. The van der Waals surface area contributed by atoms with Crippen molar-refractivity contribution in [1.82, 2.24) is 0 Å². The minimum Gasteiger partial charge on any atom is -0.494 e. The van der Waals surface area contributed by atoms with Crippen molar-refractivity contribution in [2.24, 2.45) is 0 Å². The molecule has 86 valence electrons. The molecule has 17 heavy (non-hydrogen) atoms. The topological polar surface area (TPSA) is 9.23 Å². The van der Waals surface area contributed by atoms with E-state index in [2.05, 4.69) is 24.3 Å². The Bertz CT molecular complexity index is 448. The normalized spacial score (nSPS) is 10.2. The molecule has 0 amide bonds. The van der Waals surface area contributed by atoms with Crippen LogP contribution in [0.5, 0.6) is 5.75 Å². The Labute approximate surface area is 103 Å². The summed E-state index contributed by atoms with van der Waals surface area (Å²) in [6, 6.07) is 18.0. The first-order valence-corrected chi connectivity index (χ1v) is 5.87. The van der Waals surface area contributed by atoms with Gasteiger partial charge in [0.05, 0.1) is 6.61 Å². The predicted molar refractivity (Wildman–Crippen MR) is 70.1 cm³/mol. The Morgan fingerprint density at radius 2 is 1.76 bits per heavy atom. The maximum absolute atomic E-state index is 5.67. The molecule has 2 radical (unpaired) electrons. The zero-order chi connectivity index (χ0) is 11.9. The van der Waals surface area contributed by atoms with Crippen molar-refractivity contribution in [2.45, 2.75) is 12.8 Å². The van der Waals surface area contributed by atoms with E-state index in [4.69, 9.17) is 11.7 Å². The van der Waals surface area contributed by atoms with Crippen LogP contribution in [0.1, 0.15) is 17.5 Å². The second-order valence-electron chi connectivity index (χ2n) is 4.01. The molecule has 0 aromatic heterocycles. The van der Waals surface area contributed by atoms with E-state index in [1.807, 2.05) is 30.3 Å².